The summed E-state index contributed by atoms with van der Waals surface area (Å²) in [7, 11) is -3.87. The van der Waals surface area contributed by atoms with E-state index < -0.39 is 32.9 Å². The minimum atomic E-state index is -3.87. The van der Waals surface area contributed by atoms with E-state index in [9.17, 15) is 23.3 Å². The maximum absolute atomic E-state index is 12.6. The second-order valence-electron chi connectivity index (χ2n) is 5.16. The molecule has 2 fully saturated rings. The molecule has 0 amide bonds. The molecule has 21 heavy (non-hydrogen) atoms. The second kappa shape index (κ2) is 4.75. The summed E-state index contributed by atoms with van der Waals surface area (Å²) in [6.45, 7) is 0. The van der Waals surface area contributed by atoms with E-state index in [2.05, 4.69) is 0 Å². The van der Waals surface area contributed by atoms with Crippen LogP contribution < -0.4 is 0 Å². The molecule has 1 N–H and O–H groups in total. The number of aliphatic carboxylic acids is 1. The van der Waals surface area contributed by atoms with Crippen molar-refractivity contribution in [1.82, 2.24) is 4.31 Å². The number of carboxylic acid groups (broad SMARTS) is 1. The molecule has 3 heterocycles. The lowest BCUT2D eigenvalue weighted by atomic mass is 9.89. The van der Waals surface area contributed by atoms with Crippen LogP contribution in [0.15, 0.2) is 16.3 Å². The Balaban J connectivity index is 1.95. The molecule has 0 aliphatic carbocycles. The fourth-order valence-electron chi connectivity index (χ4n) is 3.23. The smallest absolute Gasteiger partial charge is 0.325 e. The first-order valence-electron chi connectivity index (χ1n) is 6.33. The molecule has 0 saturated carbocycles. The molecule has 0 aromatic carbocycles. The number of sulfonamides is 1. The zero-order chi connectivity index (χ0) is 15.4. The van der Waals surface area contributed by atoms with Crippen molar-refractivity contribution in [3.8, 4) is 0 Å². The molecule has 10 heteroatoms. The Bertz CT molecular complexity index is 712. The average molecular weight is 332 g/mol. The number of carbonyl (C=O) groups is 1. The topological polar surface area (TPSA) is 118 Å². The van der Waals surface area contributed by atoms with Gasteiger partial charge in [-0.15, -0.1) is 0 Å². The highest BCUT2D eigenvalue weighted by Gasteiger charge is 2.54. The lowest BCUT2D eigenvalue weighted by Crippen LogP contribution is -2.37. The van der Waals surface area contributed by atoms with Crippen molar-refractivity contribution >= 4 is 32.3 Å². The van der Waals surface area contributed by atoms with Crippen LogP contribution in [-0.2, 0) is 14.8 Å². The molecule has 1 aromatic rings. The van der Waals surface area contributed by atoms with Gasteiger partial charge in [0, 0.05) is 18.2 Å². The third kappa shape index (κ3) is 2.14. The summed E-state index contributed by atoms with van der Waals surface area (Å²) < 4.78 is 26.4. The summed E-state index contributed by atoms with van der Waals surface area (Å²) in [5.74, 6) is -1.67. The van der Waals surface area contributed by atoms with Gasteiger partial charge >= 0.3 is 11.0 Å². The third-order valence-corrected chi connectivity index (χ3v) is 7.55. The lowest BCUT2D eigenvalue weighted by Gasteiger charge is -2.21. The van der Waals surface area contributed by atoms with E-state index in [1.165, 1.54) is 10.4 Å². The average Bonchev–Trinajstić information content (AvgIpc) is 3.12. The van der Waals surface area contributed by atoms with Crippen molar-refractivity contribution in [2.24, 2.45) is 5.92 Å². The molecule has 0 spiro atoms. The van der Waals surface area contributed by atoms with Crippen LogP contribution >= 0.6 is 11.3 Å². The zero-order valence-electron chi connectivity index (χ0n) is 10.7. The molecule has 2 aliphatic rings. The van der Waals surface area contributed by atoms with Crippen molar-refractivity contribution < 1.29 is 23.2 Å². The summed E-state index contributed by atoms with van der Waals surface area (Å²) in [4.78, 5) is 21.2. The summed E-state index contributed by atoms with van der Waals surface area (Å²) >= 11 is 0.600. The van der Waals surface area contributed by atoms with Gasteiger partial charge in [0.1, 0.15) is 4.21 Å². The SMILES string of the molecule is O=C(O)C1CC2CCC1N2S(=O)(=O)c1ccc([N+](=O)[O-])s1. The molecular formula is C11H12N2O6S2. The van der Waals surface area contributed by atoms with Crippen LogP contribution in [0, 0.1) is 16.0 Å². The normalized spacial score (nSPS) is 28.9. The number of carboxylic acids is 1. The molecule has 2 saturated heterocycles. The molecule has 2 bridgehead atoms. The first-order chi connectivity index (χ1) is 9.82. The zero-order valence-corrected chi connectivity index (χ0v) is 12.3. The quantitative estimate of drug-likeness (QED) is 0.655. The molecule has 3 atom stereocenters. The predicted molar refractivity (Wildman–Crippen MR) is 72.6 cm³/mol. The van der Waals surface area contributed by atoms with Crippen LogP contribution in [0.1, 0.15) is 19.3 Å². The van der Waals surface area contributed by atoms with Crippen LogP contribution in [0.2, 0.25) is 0 Å². The van der Waals surface area contributed by atoms with Crippen LogP contribution in [0.3, 0.4) is 0 Å². The monoisotopic (exact) mass is 332 g/mol. The van der Waals surface area contributed by atoms with Gasteiger partial charge in [-0.1, -0.05) is 0 Å². The van der Waals surface area contributed by atoms with Crippen molar-refractivity contribution in [2.75, 3.05) is 0 Å². The number of nitrogens with zero attached hydrogens (tertiary/aromatic N) is 2. The van der Waals surface area contributed by atoms with E-state index >= 15 is 0 Å². The molecule has 3 rings (SSSR count). The van der Waals surface area contributed by atoms with Gasteiger partial charge in [0.25, 0.3) is 10.0 Å². The minimum absolute atomic E-state index is 0.0999. The Hall–Kier alpha value is -1.52. The van der Waals surface area contributed by atoms with Crippen LogP contribution in [0.4, 0.5) is 5.00 Å². The fourth-order valence-corrected chi connectivity index (χ4v) is 6.36. The molecule has 0 radical (unpaired) electrons. The number of hydrogen-bond donors (Lipinski definition) is 1. The van der Waals surface area contributed by atoms with E-state index in [-0.39, 0.29) is 15.3 Å². The van der Waals surface area contributed by atoms with Gasteiger partial charge in [-0.25, -0.2) is 8.42 Å². The van der Waals surface area contributed by atoms with Crippen LogP contribution in [0.5, 0.6) is 0 Å². The maximum Gasteiger partial charge on any atom is 0.325 e. The van der Waals surface area contributed by atoms with Gasteiger partial charge in [0.05, 0.1) is 10.8 Å². The lowest BCUT2D eigenvalue weighted by molar-refractivity contribution is -0.380. The van der Waals surface area contributed by atoms with Gasteiger partial charge < -0.3 is 5.11 Å². The molecule has 114 valence electrons. The van der Waals surface area contributed by atoms with E-state index in [0.29, 0.717) is 30.6 Å². The second-order valence-corrected chi connectivity index (χ2v) is 8.30. The number of thiophene rings is 1. The standard InChI is InChI=1S/C11H12N2O6S2/c14-11(15)7-5-6-1-2-8(7)12(6)21(18,19)10-4-3-9(20-10)13(16)17/h3-4,6-8H,1-2,5H2,(H,14,15). The first-order valence-corrected chi connectivity index (χ1v) is 8.58. The summed E-state index contributed by atoms with van der Waals surface area (Å²) in [6.07, 6.45) is 1.47. The number of rotatable bonds is 4. The van der Waals surface area contributed by atoms with Crippen molar-refractivity contribution in [3.05, 3.63) is 22.2 Å². The molecule has 1 aromatic heterocycles. The Morgan fingerprint density at radius 2 is 2.14 bits per heavy atom. The van der Waals surface area contributed by atoms with Crippen LogP contribution in [-0.4, -0.2) is 40.8 Å². The summed E-state index contributed by atoms with van der Waals surface area (Å²) in [5.41, 5.74) is 0. The molecule has 8 nitrogen and oxygen atoms in total. The summed E-state index contributed by atoms with van der Waals surface area (Å²) in [6, 6.07) is 1.51. The van der Waals surface area contributed by atoms with E-state index in [1.54, 1.807) is 0 Å². The largest absolute Gasteiger partial charge is 0.481 e. The minimum Gasteiger partial charge on any atom is -0.481 e. The molecule has 3 unspecified atom stereocenters. The van der Waals surface area contributed by atoms with Crippen molar-refractivity contribution in [1.29, 1.82) is 0 Å². The molecular weight excluding hydrogens is 320 g/mol. The highest BCUT2D eigenvalue weighted by molar-refractivity contribution is 7.91. The Kier molecular flexibility index (Phi) is 3.26. The first kappa shape index (κ1) is 14.4. The number of fused-ring (bicyclic) bond motifs is 2. The summed E-state index contributed by atoms with van der Waals surface area (Å²) in [5, 5.41) is 19.6. The molecule has 2 aliphatic heterocycles. The van der Waals surface area contributed by atoms with Crippen molar-refractivity contribution in [2.45, 2.75) is 35.6 Å². The maximum atomic E-state index is 12.6. The highest BCUT2D eigenvalue weighted by atomic mass is 32.2. The Labute approximate surface area is 124 Å². The van der Waals surface area contributed by atoms with E-state index in [4.69, 9.17) is 5.11 Å². The number of hydrogen-bond acceptors (Lipinski definition) is 6. The van der Waals surface area contributed by atoms with E-state index in [1.807, 2.05) is 0 Å². The number of nitro groups is 1. The highest BCUT2D eigenvalue weighted by Crippen LogP contribution is 2.46. The van der Waals surface area contributed by atoms with Gasteiger partial charge in [0.15, 0.2) is 0 Å². The Morgan fingerprint density at radius 1 is 1.43 bits per heavy atom. The third-order valence-electron chi connectivity index (χ3n) is 4.07. The van der Waals surface area contributed by atoms with Crippen LogP contribution in [0.25, 0.3) is 0 Å². The predicted octanol–water partition coefficient (Wildman–Crippen LogP) is 1.28. The Morgan fingerprint density at radius 3 is 2.67 bits per heavy atom. The fraction of sp³-hybridized carbons (Fsp3) is 0.545. The van der Waals surface area contributed by atoms with Gasteiger partial charge in [0.2, 0.25) is 0 Å². The van der Waals surface area contributed by atoms with Crippen molar-refractivity contribution in [3.63, 3.8) is 0 Å². The van der Waals surface area contributed by atoms with Gasteiger partial charge in [-0.05, 0) is 36.7 Å². The van der Waals surface area contributed by atoms with Gasteiger partial charge in [-0.3, -0.25) is 14.9 Å². The van der Waals surface area contributed by atoms with Gasteiger partial charge in [-0.2, -0.15) is 4.31 Å². The van der Waals surface area contributed by atoms with E-state index in [0.717, 1.165) is 6.07 Å².